The molecule has 1 atom stereocenters. The van der Waals surface area contributed by atoms with Crippen molar-refractivity contribution in [3.05, 3.63) is 29.6 Å². The van der Waals surface area contributed by atoms with E-state index in [1.54, 1.807) is 7.11 Å². The van der Waals surface area contributed by atoms with E-state index in [0.29, 0.717) is 12.7 Å². The molecule has 2 heterocycles. The number of fused-ring (bicyclic) bond motifs is 1. The van der Waals surface area contributed by atoms with Gasteiger partial charge in [0.1, 0.15) is 11.6 Å². The van der Waals surface area contributed by atoms with E-state index >= 15 is 0 Å². The van der Waals surface area contributed by atoms with E-state index in [0.717, 1.165) is 61.2 Å². The second-order valence-electron chi connectivity index (χ2n) is 8.15. The summed E-state index contributed by atoms with van der Waals surface area (Å²) < 4.78 is 11.1. The molecule has 0 radical (unpaired) electrons. The third-order valence-corrected chi connectivity index (χ3v) is 5.64. The Hall–Kier alpha value is -1.76. The molecule has 6 nitrogen and oxygen atoms in total. The molecule has 2 aliphatic rings. The van der Waals surface area contributed by atoms with Crippen LogP contribution in [0.25, 0.3) is 10.9 Å². The SMILES string of the molecule is COCCNc1nc(CN(CC2CC2)CC2CCCO2)nc2c(C)cccc12. The van der Waals surface area contributed by atoms with E-state index in [2.05, 4.69) is 35.3 Å². The minimum atomic E-state index is 0.361. The number of rotatable bonds is 10. The van der Waals surface area contributed by atoms with Gasteiger partial charge in [-0.05, 0) is 50.2 Å². The Kier molecular flexibility index (Phi) is 6.40. The lowest BCUT2D eigenvalue weighted by Gasteiger charge is -2.25. The first-order chi connectivity index (χ1) is 13.7. The summed E-state index contributed by atoms with van der Waals surface area (Å²) in [7, 11) is 1.72. The zero-order valence-electron chi connectivity index (χ0n) is 17.1. The third kappa shape index (κ3) is 4.99. The fraction of sp³-hybridized carbons (Fsp3) is 0.636. The number of aromatic nitrogens is 2. The molecule has 1 unspecified atom stereocenters. The highest BCUT2D eigenvalue weighted by molar-refractivity contribution is 5.91. The molecular weight excluding hydrogens is 352 g/mol. The summed E-state index contributed by atoms with van der Waals surface area (Å²) in [4.78, 5) is 12.3. The summed E-state index contributed by atoms with van der Waals surface area (Å²) in [5, 5.41) is 4.51. The molecule has 2 fully saturated rings. The number of anilines is 1. The molecule has 28 heavy (non-hydrogen) atoms. The Morgan fingerprint density at radius 3 is 2.86 bits per heavy atom. The normalized spacial score (nSPS) is 19.6. The van der Waals surface area contributed by atoms with Gasteiger partial charge >= 0.3 is 0 Å². The molecule has 152 valence electrons. The maximum Gasteiger partial charge on any atom is 0.145 e. The van der Waals surface area contributed by atoms with Crippen LogP contribution in [0.2, 0.25) is 0 Å². The molecule has 1 saturated carbocycles. The standard InChI is InChI=1S/C22H32N4O2/c1-16-5-3-7-19-21(16)24-20(25-22(19)23-10-12-27-2)15-26(13-17-8-9-17)14-18-6-4-11-28-18/h3,5,7,17-18H,4,6,8-15H2,1-2H3,(H,23,24,25). The van der Waals surface area contributed by atoms with Gasteiger partial charge in [-0.25, -0.2) is 9.97 Å². The lowest BCUT2D eigenvalue weighted by molar-refractivity contribution is 0.0681. The number of hydrogen-bond acceptors (Lipinski definition) is 6. The summed E-state index contributed by atoms with van der Waals surface area (Å²) in [6.45, 7) is 7.30. The van der Waals surface area contributed by atoms with Crippen LogP contribution < -0.4 is 5.32 Å². The van der Waals surface area contributed by atoms with Crippen LogP contribution in [-0.4, -0.2) is 60.9 Å². The van der Waals surface area contributed by atoms with Gasteiger partial charge in [-0.2, -0.15) is 0 Å². The first-order valence-corrected chi connectivity index (χ1v) is 10.6. The third-order valence-electron chi connectivity index (χ3n) is 5.64. The number of ether oxygens (including phenoxy) is 2. The Labute approximate surface area is 167 Å². The molecule has 2 aromatic rings. The van der Waals surface area contributed by atoms with Crippen molar-refractivity contribution in [1.29, 1.82) is 0 Å². The van der Waals surface area contributed by atoms with Crippen molar-refractivity contribution >= 4 is 16.7 Å². The molecule has 1 aliphatic heterocycles. The number of para-hydroxylation sites is 1. The Morgan fingerprint density at radius 2 is 2.11 bits per heavy atom. The van der Waals surface area contributed by atoms with Gasteiger partial charge in [0.15, 0.2) is 0 Å². The van der Waals surface area contributed by atoms with Gasteiger partial charge in [0.2, 0.25) is 0 Å². The second kappa shape index (κ2) is 9.16. The molecule has 0 spiro atoms. The number of methoxy groups -OCH3 is 1. The van der Waals surface area contributed by atoms with Gasteiger partial charge in [0.05, 0.1) is 24.8 Å². The van der Waals surface area contributed by atoms with E-state index in [1.165, 1.54) is 31.2 Å². The van der Waals surface area contributed by atoms with Crippen molar-refractivity contribution in [3.8, 4) is 0 Å². The minimum Gasteiger partial charge on any atom is -0.383 e. The van der Waals surface area contributed by atoms with Gasteiger partial charge in [-0.1, -0.05) is 12.1 Å². The van der Waals surface area contributed by atoms with Gasteiger partial charge in [-0.15, -0.1) is 0 Å². The maximum absolute atomic E-state index is 5.89. The van der Waals surface area contributed by atoms with Crippen LogP contribution in [0.5, 0.6) is 0 Å². The second-order valence-corrected chi connectivity index (χ2v) is 8.15. The number of hydrogen-bond donors (Lipinski definition) is 1. The molecule has 1 saturated heterocycles. The Balaban J connectivity index is 1.57. The molecule has 1 N–H and O–H groups in total. The van der Waals surface area contributed by atoms with Crippen molar-refractivity contribution in [2.24, 2.45) is 5.92 Å². The van der Waals surface area contributed by atoms with Gasteiger partial charge in [0, 0.05) is 38.7 Å². The first kappa shape index (κ1) is 19.6. The lowest BCUT2D eigenvalue weighted by atomic mass is 10.1. The molecule has 1 aromatic carbocycles. The monoisotopic (exact) mass is 384 g/mol. The smallest absolute Gasteiger partial charge is 0.145 e. The van der Waals surface area contributed by atoms with Crippen molar-refractivity contribution in [2.45, 2.75) is 45.3 Å². The number of aryl methyl sites for hydroxylation is 1. The molecular formula is C22H32N4O2. The zero-order valence-corrected chi connectivity index (χ0v) is 17.1. The van der Waals surface area contributed by atoms with Crippen LogP contribution in [0.15, 0.2) is 18.2 Å². The van der Waals surface area contributed by atoms with Crippen molar-refractivity contribution in [3.63, 3.8) is 0 Å². The lowest BCUT2D eigenvalue weighted by Crippen LogP contribution is -2.34. The summed E-state index contributed by atoms with van der Waals surface area (Å²) in [6.07, 6.45) is 5.41. The van der Waals surface area contributed by atoms with Crippen LogP contribution in [0.3, 0.4) is 0 Å². The molecule has 6 heteroatoms. The van der Waals surface area contributed by atoms with Crippen LogP contribution in [0.1, 0.15) is 37.1 Å². The van der Waals surface area contributed by atoms with Crippen LogP contribution in [0, 0.1) is 12.8 Å². The van der Waals surface area contributed by atoms with Crippen molar-refractivity contribution in [1.82, 2.24) is 14.9 Å². The van der Waals surface area contributed by atoms with Crippen LogP contribution in [0.4, 0.5) is 5.82 Å². The maximum atomic E-state index is 5.89. The summed E-state index contributed by atoms with van der Waals surface area (Å²) in [6, 6.07) is 6.28. The average molecular weight is 385 g/mol. The van der Waals surface area contributed by atoms with Gasteiger partial charge < -0.3 is 14.8 Å². The minimum absolute atomic E-state index is 0.361. The van der Waals surface area contributed by atoms with E-state index in [-0.39, 0.29) is 0 Å². The summed E-state index contributed by atoms with van der Waals surface area (Å²) >= 11 is 0. The molecule has 0 bridgehead atoms. The van der Waals surface area contributed by atoms with Crippen molar-refractivity contribution in [2.75, 3.05) is 45.3 Å². The highest BCUT2D eigenvalue weighted by Gasteiger charge is 2.27. The quantitative estimate of drug-likeness (QED) is 0.634. The highest BCUT2D eigenvalue weighted by atomic mass is 16.5. The highest BCUT2D eigenvalue weighted by Crippen LogP contribution is 2.31. The molecule has 4 rings (SSSR count). The first-order valence-electron chi connectivity index (χ1n) is 10.6. The number of nitrogens with zero attached hydrogens (tertiary/aromatic N) is 3. The molecule has 1 aliphatic carbocycles. The number of nitrogens with one attached hydrogen (secondary N) is 1. The van der Waals surface area contributed by atoms with E-state index in [1.807, 2.05) is 0 Å². The Morgan fingerprint density at radius 1 is 1.21 bits per heavy atom. The van der Waals surface area contributed by atoms with Crippen LogP contribution in [-0.2, 0) is 16.0 Å². The zero-order chi connectivity index (χ0) is 19.3. The fourth-order valence-corrected chi connectivity index (χ4v) is 3.96. The predicted molar refractivity (Wildman–Crippen MR) is 112 cm³/mol. The van der Waals surface area contributed by atoms with Crippen LogP contribution >= 0.6 is 0 Å². The summed E-state index contributed by atoms with van der Waals surface area (Å²) in [5.41, 5.74) is 2.22. The predicted octanol–water partition coefficient (Wildman–Crippen LogP) is 3.39. The molecule has 0 amide bonds. The van der Waals surface area contributed by atoms with Crippen molar-refractivity contribution < 1.29 is 9.47 Å². The fourth-order valence-electron chi connectivity index (χ4n) is 3.96. The topological polar surface area (TPSA) is 59.5 Å². The van der Waals surface area contributed by atoms with Gasteiger partial charge in [-0.3, -0.25) is 4.90 Å². The molecule has 1 aromatic heterocycles. The largest absolute Gasteiger partial charge is 0.383 e. The van der Waals surface area contributed by atoms with Gasteiger partial charge in [0.25, 0.3) is 0 Å². The Bertz CT molecular complexity index is 787. The van der Waals surface area contributed by atoms with E-state index in [4.69, 9.17) is 19.4 Å². The number of benzene rings is 1. The average Bonchev–Trinajstić information content (AvgIpc) is 3.35. The van der Waals surface area contributed by atoms with E-state index < -0.39 is 0 Å². The van der Waals surface area contributed by atoms with E-state index in [9.17, 15) is 0 Å². The summed E-state index contributed by atoms with van der Waals surface area (Å²) in [5.74, 6) is 2.63.